The van der Waals surface area contributed by atoms with E-state index in [0.717, 1.165) is 23.1 Å². The van der Waals surface area contributed by atoms with Crippen LogP contribution in [0.2, 0.25) is 0 Å². The number of nitrogens with one attached hydrogen (secondary N) is 1. The Morgan fingerprint density at radius 2 is 1.50 bits per heavy atom. The van der Waals surface area contributed by atoms with E-state index in [4.69, 9.17) is 4.74 Å². The van der Waals surface area contributed by atoms with Gasteiger partial charge >= 0.3 is 0 Å². The van der Waals surface area contributed by atoms with Gasteiger partial charge in [0, 0.05) is 19.0 Å². The van der Waals surface area contributed by atoms with E-state index in [9.17, 15) is 9.59 Å². The van der Waals surface area contributed by atoms with Crippen molar-refractivity contribution in [3.05, 3.63) is 102 Å². The Bertz CT molecular complexity index is 1040. The maximum atomic E-state index is 13.5. The molecule has 5 heteroatoms. The van der Waals surface area contributed by atoms with Gasteiger partial charge in [0.1, 0.15) is 11.8 Å². The maximum Gasteiger partial charge on any atom is 0.261 e. The third-order valence-electron chi connectivity index (χ3n) is 5.85. The summed E-state index contributed by atoms with van der Waals surface area (Å²) in [6.07, 6.45) is 1.23. The molecule has 0 aliphatic heterocycles. The van der Waals surface area contributed by atoms with Crippen LogP contribution in [0.3, 0.4) is 0 Å². The molecule has 178 valence electrons. The summed E-state index contributed by atoms with van der Waals surface area (Å²) in [4.78, 5) is 28.6. The molecule has 0 spiro atoms. The van der Waals surface area contributed by atoms with Gasteiger partial charge in [-0.05, 0) is 43.5 Å². The van der Waals surface area contributed by atoms with Crippen molar-refractivity contribution in [3.63, 3.8) is 0 Å². The SMILES string of the molecule is CC[C@@H](C)NC(=O)[C@@H](Cc1ccccc1)N(Cc1ccc(C)cc1)C(=O)COc1ccccc1. The molecule has 0 aliphatic carbocycles. The molecule has 0 unspecified atom stereocenters. The van der Waals surface area contributed by atoms with Gasteiger partial charge in [-0.1, -0.05) is 85.3 Å². The van der Waals surface area contributed by atoms with Crippen molar-refractivity contribution in [3.8, 4) is 5.75 Å². The minimum absolute atomic E-state index is 0.0164. The first-order chi connectivity index (χ1) is 16.5. The molecule has 2 atom stereocenters. The van der Waals surface area contributed by atoms with Crippen LogP contribution < -0.4 is 10.1 Å². The number of hydrogen-bond acceptors (Lipinski definition) is 3. The second-order valence-electron chi connectivity index (χ2n) is 8.63. The fourth-order valence-electron chi connectivity index (χ4n) is 3.63. The molecule has 0 aromatic heterocycles. The molecule has 0 heterocycles. The number of nitrogens with zero attached hydrogens (tertiary/aromatic N) is 1. The maximum absolute atomic E-state index is 13.5. The number of carbonyl (C=O) groups is 2. The third kappa shape index (κ3) is 7.48. The van der Waals surface area contributed by atoms with E-state index in [-0.39, 0.29) is 24.5 Å². The number of amides is 2. The first-order valence-corrected chi connectivity index (χ1v) is 11.8. The first-order valence-electron chi connectivity index (χ1n) is 11.8. The van der Waals surface area contributed by atoms with Crippen molar-refractivity contribution < 1.29 is 14.3 Å². The van der Waals surface area contributed by atoms with Gasteiger partial charge in [0.2, 0.25) is 5.91 Å². The molecule has 0 saturated heterocycles. The average Bonchev–Trinajstić information content (AvgIpc) is 2.87. The van der Waals surface area contributed by atoms with E-state index in [1.165, 1.54) is 0 Å². The Morgan fingerprint density at radius 3 is 2.12 bits per heavy atom. The highest BCUT2D eigenvalue weighted by atomic mass is 16.5. The van der Waals surface area contributed by atoms with Gasteiger partial charge in [-0.2, -0.15) is 0 Å². The summed E-state index contributed by atoms with van der Waals surface area (Å²) in [6, 6.07) is 26.4. The van der Waals surface area contributed by atoms with Crippen LogP contribution in [0.1, 0.15) is 37.0 Å². The van der Waals surface area contributed by atoms with Crippen LogP contribution in [0.5, 0.6) is 5.75 Å². The van der Waals surface area contributed by atoms with Crippen molar-refractivity contribution in [2.75, 3.05) is 6.61 Å². The van der Waals surface area contributed by atoms with Gasteiger partial charge in [0.25, 0.3) is 5.91 Å². The molecule has 0 aliphatic rings. The lowest BCUT2D eigenvalue weighted by Gasteiger charge is -2.32. The summed E-state index contributed by atoms with van der Waals surface area (Å²) in [5, 5.41) is 3.08. The fourth-order valence-corrected chi connectivity index (χ4v) is 3.63. The summed E-state index contributed by atoms with van der Waals surface area (Å²) < 4.78 is 5.77. The lowest BCUT2D eigenvalue weighted by molar-refractivity contribution is -0.143. The molecule has 3 aromatic carbocycles. The van der Waals surface area contributed by atoms with E-state index in [2.05, 4.69) is 5.32 Å². The van der Waals surface area contributed by atoms with Crippen LogP contribution >= 0.6 is 0 Å². The Balaban J connectivity index is 1.90. The molecule has 0 saturated carbocycles. The largest absolute Gasteiger partial charge is 0.484 e. The zero-order chi connectivity index (χ0) is 24.3. The summed E-state index contributed by atoms with van der Waals surface area (Å²) in [5.74, 6) is 0.234. The van der Waals surface area contributed by atoms with E-state index in [0.29, 0.717) is 18.7 Å². The molecular formula is C29H34N2O3. The van der Waals surface area contributed by atoms with Gasteiger partial charge in [-0.15, -0.1) is 0 Å². The zero-order valence-electron chi connectivity index (χ0n) is 20.2. The quantitative estimate of drug-likeness (QED) is 0.443. The van der Waals surface area contributed by atoms with E-state index in [1.807, 2.05) is 106 Å². The number of para-hydroxylation sites is 1. The monoisotopic (exact) mass is 458 g/mol. The van der Waals surface area contributed by atoms with E-state index in [1.54, 1.807) is 4.90 Å². The van der Waals surface area contributed by atoms with Crippen molar-refractivity contribution in [2.24, 2.45) is 0 Å². The van der Waals surface area contributed by atoms with Crippen LogP contribution in [-0.4, -0.2) is 35.4 Å². The summed E-state index contributed by atoms with van der Waals surface area (Å²) in [6.45, 7) is 6.21. The Labute approximate surface area is 202 Å². The lowest BCUT2D eigenvalue weighted by Crippen LogP contribution is -2.53. The number of hydrogen-bond donors (Lipinski definition) is 1. The molecule has 0 radical (unpaired) electrons. The minimum Gasteiger partial charge on any atom is -0.484 e. The molecule has 0 fully saturated rings. The molecule has 34 heavy (non-hydrogen) atoms. The molecule has 3 rings (SSSR count). The molecule has 1 N–H and O–H groups in total. The van der Waals surface area contributed by atoms with Crippen molar-refractivity contribution in [1.82, 2.24) is 10.2 Å². The van der Waals surface area contributed by atoms with Crippen LogP contribution in [0.4, 0.5) is 0 Å². The first kappa shape index (κ1) is 25.0. The molecule has 5 nitrogen and oxygen atoms in total. The number of benzene rings is 3. The second-order valence-corrected chi connectivity index (χ2v) is 8.63. The number of ether oxygens (including phenoxy) is 1. The fraction of sp³-hybridized carbons (Fsp3) is 0.310. The highest BCUT2D eigenvalue weighted by molar-refractivity contribution is 5.88. The topological polar surface area (TPSA) is 58.6 Å². The second kappa shape index (κ2) is 12.6. The van der Waals surface area contributed by atoms with Gasteiger partial charge in [-0.3, -0.25) is 9.59 Å². The van der Waals surface area contributed by atoms with Crippen LogP contribution in [0.15, 0.2) is 84.9 Å². The summed E-state index contributed by atoms with van der Waals surface area (Å²) >= 11 is 0. The zero-order valence-corrected chi connectivity index (χ0v) is 20.2. The number of aryl methyl sites for hydroxylation is 1. The van der Waals surface area contributed by atoms with Crippen molar-refractivity contribution >= 4 is 11.8 Å². The van der Waals surface area contributed by atoms with E-state index >= 15 is 0 Å². The van der Waals surface area contributed by atoms with Gasteiger partial charge in [0.15, 0.2) is 6.61 Å². The standard InChI is InChI=1S/C29H34N2O3/c1-4-23(3)30-29(33)27(19-24-11-7-5-8-12-24)31(20-25-17-15-22(2)16-18-25)28(32)21-34-26-13-9-6-10-14-26/h5-18,23,27H,4,19-21H2,1-3H3,(H,30,33)/t23-,27-/m1/s1. The van der Waals surface area contributed by atoms with Gasteiger partial charge < -0.3 is 15.0 Å². The minimum atomic E-state index is -0.662. The van der Waals surface area contributed by atoms with Gasteiger partial charge in [-0.25, -0.2) is 0 Å². The number of carbonyl (C=O) groups excluding carboxylic acids is 2. The molecule has 3 aromatic rings. The molecule has 0 bridgehead atoms. The number of rotatable bonds is 11. The Morgan fingerprint density at radius 1 is 0.882 bits per heavy atom. The average molecular weight is 459 g/mol. The Kier molecular flexibility index (Phi) is 9.27. The highest BCUT2D eigenvalue weighted by Crippen LogP contribution is 2.17. The van der Waals surface area contributed by atoms with Crippen LogP contribution in [-0.2, 0) is 22.6 Å². The highest BCUT2D eigenvalue weighted by Gasteiger charge is 2.31. The smallest absolute Gasteiger partial charge is 0.261 e. The lowest BCUT2D eigenvalue weighted by atomic mass is 10.0. The van der Waals surface area contributed by atoms with Gasteiger partial charge in [0.05, 0.1) is 0 Å². The van der Waals surface area contributed by atoms with Crippen molar-refractivity contribution in [1.29, 1.82) is 0 Å². The summed E-state index contributed by atoms with van der Waals surface area (Å²) in [5.41, 5.74) is 3.11. The predicted octanol–water partition coefficient (Wildman–Crippen LogP) is 4.93. The summed E-state index contributed by atoms with van der Waals surface area (Å²) in [7, 11) is 0. The van der Waals surface area contributed by atoms with Crippen molar-refractivity contribution in [2.45, 2.75) is 52.2 Å². The molecular weight excluding hydrogens is 424 g/mol. The van der Waals surface area contributed by atoms with E-state index < -0.39 is 6.04 Å². The Hall–Kier alpha value is -3.60. The van der Waals surface area contributed by atoms with Crippen LogP contribution in [0, 0.1) is 6.92 Å². The normalized spacial score (nSPS) is 12.4. The third-order valence-corrected chi connectivity index (χ3v) is 5.85. The van der Waals surface area contributed by atoms with Crippen LogP contribution in [0.25, 0.3) is 0 Å². The predicted molar refractivity (Wildman–Crippen MR) is 135 cm³/mol. The molecule has 2 amide bonds.